The fourth-order valence-electron chi connectivity index (χ4n) is 3.67. The number of alkyl halides is 3. The second-order valence-corrected chi connectivity index (χ2v) is 7.89. The van der Waals surface area contributed by atoms with Crippen LogP contribution in [0.15, 0.2) is 49.1 Å². The van der Waals surface area contributed by atoms with Gasteiger partial charge < -0.3 is 20.7 Å². The van der Waals surface area contributed by atoms with Crippen LogP contribution in [0.5, 0.6) is 0 Å². The lowest BCUT2D eigenvalue weighted by atomic mass is 10.1. The predicted octanol–water partition coefficient (Wildman–Crippen LogP) is 3.23. The number of nitrogens with one attached hydrogen (secondary N) is 1. The van der Waals surface area contributed by atoms with E-state index in [1.165, 1.54) is 29.6 Å². The Balaban J connectivity index is 1.60. The molecule has 4 heterocycles. The van der Waals surface area contributed by atoms with Crippen LogP contribution in [0.4, 0.5) is 24.7 Å². The van der Waals surface area contributed by atoms with Crippen molar-refractivity contribution in [1.82, 2.24) is 19.9 Å². The van der Waals surface area contributed by atoms with Crippen molar-refractivity contribution in [1.29, 1.82) is 0 Å². The van der Waals surface area contributed by atoms with Crippen molar-refractivity contribution < 1.29 is 27.5 Å². The van der Waals surface area contributed by atoms with E-state index in [2.05, 4.69) is 20.3 Å². The van der Waals surface area contributed by atoms with Gasteiger partial charge in [0.2, 0.25) is 0 Å². The van der Waals surface area contributed by atoms with Gasteiger partial charge in [0, 0.05) is 29.7 Å². The van der Waals surface area contributed by atoms with Crippen molar-refractivity contribution in [3.05, 3.63) is 77.0 Å². The van der Waals surface area contributed by atoms with Crippen molar-refractivity contribution >= 4 is 23.3 Å². The molecule has 0 radical (unpaired) electrons. The number of carbonyl (C=O) groups is 2. The number of nitrogen functional groups attached to an aromatic ring is 1. The van der Waals surface area contributed by atoms with Gasteiger partial charge in [-0.05, 0) is 36.8 Å². The summed E-state index contributed by atoms with van der Waals surface area (Å²) in [6.45, 7) is 1.95. The van der Waals surface area contributed by atoms with Gasteiger partial charge in [0.15, 0.2) is 0 Å². The molecule has 0 saturated heterocycles. The number of hydrogen-bond donors (Lipinski definition) is 2. The molecule has 182 valence electrons. The third kappa shape index (κ3) is 5.22. The molecular formula is C23H21F3N6O3. The molecule has 4 rings (SSSR count). The highest BCUT2D eigenvalue weighted by Gasteiger charge is 2.32. The largest absolute Gasteiger partial charge is 0.417 e. The second kappa shape index (κ2) is 9.66. The van der Waals surface area contributed by atoms with E-state index >= 15 is 0 Å². The third-order valence-electron chi connectivity index (χ3n) is 5.67. The van der Waals surface area contributed by atoms with E-state index in [0.29, 0.717) is 28.6 Å². The number of halogens is 3. The minimum absolute atomic E-state index is 0.184. The van der Waals surface area contributed by atoms with Gasteiger partial charge >= 0.3 is 18.0 Å². The molecule has 0 aromatic carbocycles. The first-order chi connectivity index (χ1) is 16.6. The molecule has 3 N–H and O–H groups in total. The fraction of sp³-hybridized carbons (Fsp3) is 0.261. The topological polar surface area (TPSA) is 123 Å². The molecule has 1 unspecified atom stereocenters. The molecule has 0 saturated carbocycles. The summed E-state index contributed by atoms with van der Waals surface area (Å²) in [5, 5.41) is 2.56. The summed E-state index contributed by atoms with van der Waals surface area (Å²) in [6, 6.07) is 4.80. The number of hydrogen-bond acceptors (Lipinski definition) is 7. The van der Waals surface area contributed by atoms with Gasteiger partial charge in [-0.1, -0.05) is 0 Å². The van der Waals surface area contributed by atoms with E-state index in [9.17, 15) is 22.8 Å². The van der Waals surface area contributed by atoms with Crippen LogP contribution in [0, 0.1) is 0 Å². The van der Waals surface area contributed by atoms with E-state index in [0.717, 1.165) is 6.07 Å². The number of carbonyl (C=O) groups excluding carboxylic acids is 2. The molecule has 1 aliphatic rings. The first-order valence-electron chi connectivity index (χ1n) is 10.5. The van der Waals surface area contributed by atoms with E-state index in [-0.39, 0.29) is 31.3 Å². The zero-order valence-corrected chi connectivity index (χ0v) is 18.5. The number of ether oxygens (including phenoxy) is 1. The Morgan fingerprint density at radius 1 is 1.11 bits per heavy atom. The molecule has 0 spiro atoms. The summed E-state index contributed by atoms with van der Waals surface area (Å²) in [4.78, 5) is 39.3. The Bertz CT molecular complexity index is 1240. The molecule has 0 fully saturated rings. The fourth-order valence-corrected chi connectivity index (χ4v) is 3.67. The van der Waals surface area contributed by atoms with Crippen molar-refractivity contribution in [2.75, 3.05) is 11.1 Å². The van der Waals surface area contributed by atoms with Crippen LogP contribution in [0.2, 0.25) is 0 Å². The average Bonchev–Trinajstić information content (AvgIpc) is 3.35. The standard InChI is InChI=1S/C23H21F3N6O3/c1-13(14-4-6-28-7-5-14)32(10-16-3-2-15(8-29-16)23(24,25)26)22(34)21(33)31-19-9-30-20(27)18-12-35-11-17(18)19/h2-9,13H,10-12H2,1H3,(H2,27,30)(H,31,33). The van der Waals surface area contributed by atoms with Gasteiger partial charge in [0.1, 0.15) is 5.82 Å². The van der Waals surface area contributed by atoms with Gasteiger partial charge in [0.05, 0.1) is 48.9 Å². The molecule has 12 heteroatoms. The molecule has 0 aliphatic carbocycles. The van der Waals surface area contributed by atoms with Crippen LogP contribution in [0.1, 0.15) is 40.9 Å². The lowest BCUT2D eigenvalue weighted by Crippen LogP contribution is -2.41. The van der Waals surface area contributed by atoms with Crippen LogP contribution < -0.4 is 11.1 Å². The van der Waals surface area contributed by atoms with E-state index in [4.69, 9.17) is 10.5 Å². The lowest BCUT2D eigenvalue weighted by Gasteiger charge is -2.29. The molecular weight excluding hydrogens is 465 g/mol. The maximum absolute atomic E-state index is 13.3. The normalized spacial score (nSPS) is 13.7. The highest BCUT2D eigenvalue weighted by molar-refractivity contribution is 6.39. The summed E-state index contributed by atoms with van der Waals surface area (Å²) in [7, 11) is 0. The Morgan fingerprint density at radius 2 is 1.83 bits per heavy atom. The minimum atomic E-state index is -4.54. The molecule has 1 atom stereocenters. The molecule has 35 heavy (non-hydrogen) atoms. The number of nitrogens with two attached hydrogens (primary N) is 1. The van der Waals surface area contributed by atoms with Gasteiger partial charge in [-0.25, -0.2) is 4.98 Å². The number of pyridine rings is 3. The number of fused-ring (bicyclic) bond motifs is 1. The first-order valence-corrected chi connectivity index (χ1v) is 10.5. The summed E-state index contributed by atoms with van der Waals surface area (Å²) in [5.41, 5.74) is 7.38. The molecule has 1 aliphatic heterocycles. The quantitative estimate of drug-likeness (QED) is 0.531. The zero-order valence-electron chi connectivity index (χ0n) is 18.5. The highest BCUT2D eigenvalue weighted by atomic mass is 19.4. The minimum Gasteiger partial charge on any atom is -0.383 e. The van der Waals surface area contributed by atoms with Crippen LogP contribution in [-0.2, 0) is 40.3 Å². The molecule has 3 aromatic rings. The second-order valence-electron chi connectivity index (χ2n) is 7.89. The molecule has 2 amide bonds. The third-order valence-corrected chi connectivity index (χ3v) is 5.67. The Morgan fingerprint density at radius 3 is 2.49 bits per heavy atom. The van der Waals surface area contributed by atoms with Crippen molar-refractivity contribution in [2.24, 2.45) is 0 Å². The summed E-state index contributed by atoms with van der Waals surface area (Å²) in [6.07, 6.45) is 0.575. The van der Waals surface area contributed by atoms with Crippen LogP contribution >= 0.6 is 0 Å². The monoisotopic (exact) mass is 486 g/mol. The Labute approximate surface area is 198 Å². The van der Waals surface area contributed by atoms with Gasteiger partial charge in [-0.3, -0.25) is 19.6 Å². The Kier molecular flexibility index (Phi) is 6.65. The van der Waals surface area contributed by atoms with Crippen molar-refractivity contribution in [2.45, 2.75) is 38.9 Å². The molecule has 3 aromatic heterocycles. The SMILES string of the molecule is CC(c1ccncc1)N(Cc1ccc(C(F)(F)F)cn1)C(=O)C(=O)Nc1cnc(N)c2c1COC2. The first kappa shape index (κ1) is 24.1. The number of rotatable bonds is 5. The van der Waals surface area contributed by atoms with E-state index in [1.807, 2.05) is 0 Å². The highest BCUT2D eigenvalue weighted by Crippen LogP contribution is 2.31. The smallest absolute Gasteiger partial charge is 0.383 e. The van der Waals surface area contributed by atoms with Crippen LogP contribution in [0.3, 0.4) is 0 Å². The van der Waals surface area contributed by atoms with E-state index in [1.54, 1.807) is 19.1 Å². The summed E-state index contributed by atoms with van der Waals surface area (Å²) < 4.78 is 44.1. The number of amides is 2. The Hall–Kier alpha value is -4.06. The summed E-state index contributed by atoms with van der Waals surface area (Å²) in [5.74, 6) is -1.57. The van der Waals surface area contributed by atoms with Crippen molar-refractivity contribution in [3.63, 3.8) is 0 Å². The van der Waals surface area contributed by atoms with Crippen LogP contribution in [-0.4, -0.2) is 31.7 Å². The van der Waals surface area contributed by atoms with Gasteiger partial charge in [-0.2, -0.15) is 13.2 Å². The van der Waals surface area contributed by atoms with Gasteiger partial charge in [0.25, 0.3) is 0 Å². The summed E-state index contributed by atoms with van der Waals surface area (Å²) >= 11 is 0. The van der Waals surface area contributed by atoms with Crippen molar-refractivity contribution in [3.8, 4) is 0 Å². The van der Waals surface area contributed by atoms with Crippen LogP contribution in [0.25, 0.3) is 0 Å². The zero-order chi connectivity index (χ0) is 25.2. The average molecular weight is 486 g/mol. The number of aromatic nitrogens is 3. The van der Waals surface area contributed by atoms with E-state index < -0.39 is 29.6 Å². The molecule has 0 bridgehead atoms. The maximum Gasteiger partial charge on any atom is 0.417 e. The maximum atomic E-state index is 13.3. The lowest BCUT2D eigenvalue weighted by molar-refractivity contribution is -0.145. The number of anilines is 2. The van der Waals surface area contributed by atoms with Gasteiger partial charge in [-0.15, -0.1) is 0 Å². The molecule has 9 nitrogen and oxygen atoms in total. The number of nitrogens with zero attached hydrogens (tertiary/aromatic N) is 4. The predicted molar refractivity (Wildman–Crippen MR) is 118 cm³/mol.